The number of carbonyl (C=O) groups excluding carboxylic acids is 2. The van der Waals surface area contributed by atoms with Gasteiger partial charge >= 0.3 is 5.97 Å². The number of nitrogens with one attached hydrogen (secondary N) is 4. The van der Waals surface area contributed by atoms with E-state index in [9.17, 15) is 19.5 Å². The number of anilines is 3. The molecule has 58 heavy (non-hydrogen) atoms. The van der Waals surface area contributed by atoms with Crippen molar-refractivity contribution in [2.24, 2.45) is 10.8 Å². The molecule has 2 aromatic carbocycles. The van der Waals surface area contributed by atoms with Crippen molar-refractivity contribution < 1.29 is 19.5 Å². The molecule has 5 aromatic rings. The highest BCUT2D eigenvalue weighted by Crippen LogP contribution is 2.62. The summed E-state index contributed by atoms with van der Waals surface area (Å²) in [6.07, 6.45) is 11.9. The minimum Gasteiger partial charge on any atom is -0.481 e. The molecule has 14 heteroatoms. The highest BCUT2D eigenvalue weighted by Gasteiger charge is 2.58. The summed E-state index contributed by atoms with van der Waals surface area (Å²) in [5.74, 6) is -0.335. The van der Waals surface area contributed by atoms with Crippen molar-refractivity contribution in [1.82, 2.24) is 30.5 Å². The molecule has 298 valence electrons. The van der Waals surface area contributed by atoms with Gasteiger partial charge in [0, 0.05) is 80.3 Å². The Labute approximate surface area is 346 Å². The maximum absolute atomic E-state index is 13.6. The first-order chi connectivity index (χ1) is 28.1. The van der Waals surface area contributed by atoms with E-state index in [2.05, 4.69) is 42.2 Å². The fourth-order valence-electron chi connectivity index (χ4n) is 9.57. The van der Waals surface area contributed by atoms with E-state index < -0.39 is 11.4 Å². The molecule has 2 saturated carbocycles. The number of carboxylic acids is 1. The molecule has 1 atom stereocenters. The number of nitrogens with zero attached hydrogens (tertiary/aromatic N) is 4. The molecule has 4 aliphatic rings. The summed E-state index contributed by atoms with van der Waals surface area (Å²) in [6.45, 7) is 3.83. The van der Waals surface area contributed by atoms with Crippen LogP contribution in [0, 0.1) is 10.8 Å². The number of halogens is 2. The monoisotopic (exact) mass is 818 g/mol. The van der Waals surface area contributed by atoms with Crippen LogP contribution in [-0.4, -0.2) is 68.4 Å². The Morgan fingerprint density at radius 3 is 2.43 bits per heavy atom. The minimum absolute atomic E-state index is 0.0894. The van der Waals surface area contributed by atoms with Crippen molar-refractivity contribution in [3.63, 3.8) is 0 Å². The molecule has 5 N–H and O–H groups in total. The Balaban J connectivity index is 0.860. The third-order valence-electron chi connectivity index (χ3n) is 12.7. The van der Waals surface area contributed by atoms with Crippen LogP contribution in [0.4, 0.5) is 17.2 Å². The predicted molar refractivity (Wildman–Crippen MR) is 224 cm³/mol. The number of rotatable bonds is 12. The Bertz CT molecular complexity index is 2450. The van der Waals surface area contributed by atoms with Gasteiger partial charge in [-0.05, 0) is 97.4 Å². The molecule has 0 radical (unpaired) electrons. The number of amides is 2. The molecule has 5 heterocycles. The van der Waals surface area contributed by atoms with E-state index in [1.165, 1.54) is 0 Å². The fourth-order valence-corrected chi connectivity index (χ4v) is 10.1. The van der Waals surface area contributed by atoms with Crippen molar-refractivity contribution in [3.05, 3.63) is 106 Å². The maximum Gasteiger partial charge on any atom is 0.309 e. The van der Waals surface area contributed by atoms with Gasteiger partial charge in [0.15, 0.2) is 5.82 Å². The summed E-state index contributed by atoms with van der Waals surface area (Å²) in [5.41, 5.74) is 6.17. The number of carboxylic acid groups (broad SMARTS) is 1. The first-order valence-electron chi connectivity index (χ1n) is 19.9. The van der Waals surface area contributed by atoms with E-state index >= 15 is 0 Å². The molecule has 3 fully saturated rings. The SMILES string of the molecule is O=C1CC[C@@H](CNCc2cnc3c(Nc4cccc(-c5cccc(NC(=O)c6cc7c(cn6)CN(CC68CCC(C(=O)O)(CC6)C8)CC7)c5Cl)c4Cl)nccc3c2)N1. The van der Waals surface area contributed by atoms with Crippen LogP contribution in [0.1, 0.15) is 72.1 Å². The van der Waals surface area contributed by atoms with Crippen LogP contribution in [0.15, 0.2) is 73.2 Å². The number of aliphatic carboxylic acids is 1. The number of hydrogen-bond acceptors (Lipinski definition) is 9. The fraction of sp³-hybridized carbons (Fsp3) is 0.364. The van der Waals surface area contributed by atoms with Crippen LogP contribution in [0.5, 0.6) is 0 Å². The highest BCUT2D eigenvalue weighted by molar-refractivity contribution is 6.39. The molecule has 12 nitrogen and oxygen atoms in total. The van der Waals surface area contributed by atoms with Gasteiger partial charge in [0.2, 0.25) is 5.91 Å². The number of carbonyl (C=O) groups is 3. The van der Waals surface area contributed by atoms with Crippen molar-refractivity contribution in [2.45, 2.75) is 70.5 Å². The third-order valence-corrected chi connectivity index (χ3v) is 13.5. The zero-order chi connectivity index (χ0) is 40.0. The van der Waals surface area contributed by atoms with Gasteiger partial charge in [-0.15, -0.1) is 0 Å². The summed E-state index contributed by atoms with van der Waals surface area (Å²) >= 11 is 14.0. The predicted octanol–water partition coefficient (Wildman–Crippen LogP) is 7.76. The molecule has 3 aromatic heterocycles. The van der Waals surface area contributed by atoms with Crippen molar-refractivity contribution in [1.29, 1.82) is 0 Å². The second kappa shape index (κ2) is 15.6. The van der Waals surface area contributed by atoms with E-state index in [4.69, 9.17) is 28.2 Å². The average molecular weight is 820 g/mol. The lowest BCUT2D eigenvalue weighted by Crippen LogP contribution is -2.39. The minimum atomic E-state index is -0.633. The Morgan fingerprint density at radius 1 is 0.914 bits per heavy atom. The lowest BCUT2D eigenvalue weighted by atomic mass is 9.81. The van der Waals surface area contributed by atoms with Gasteiger partial charge in [-0.25, -0.2) is 4.98 Å². The summed E-state index contributed by atoms with van der Waals surface area (Å²) in [4.78, 5) is 53.3. The quantitative estimate of drug-likeness (QED) is 0.0842. The van der Waals surface area contributed by atoms with Gasteiger partial charge in [0.05, 0.1) is 26.8 Å². The molecule has 2 bridgehead atoms. The highest BCUT2D eigenvalue weighted by atomic mass is 35.5. The Hall–Kier alpha value is -5.14. The Morgan fingerprint density at radius 2 is 1.69 bits per heavy atom. The van der Waals surface area contributed by atoms with Gasteiger partial charge in [-0.1, -0.05) is 47.5 Å². The number of aromatic nitrogens is 3. The van der Waals surface area contributed by atoms with Crippen LogP contribution < -0.4 is 21.3 Å². The molecule has 2 aliphatic heterocycles. The lowest BCUT2D eigenvalue weighted by molar-refractivity contribution is -0.148. The van der Waals surface area contributed by atoms with Crippen LogP contribution >= 0.6 is 23.2 Å². The molecule has 2 aliphatic carbocycles. The van der Waals surface area contributed by atoms with Crippen molar-refractivity contribution in [3.8, 4) is 11.1 Å². The number of benzene rings is 2. The van der Waals surface area contributed by atoms with Crippen molar-refractivity contribution in [2.75, 3.05) is 30.3 Å². The molecule has 2 amide bonds. The van der Waals surface area contributed by atoms with E-state index in [-0.39, 0.29) is 23.3 Å². The maximum atomic E-state index is 13.6. The van der Waals surface area contributed by atoms with E-state index in [1.54, 1.807) is 18.5 Å². The van der Waals surface area contributed by atoms with Crippen molar-refractivity contribution >= 4 is 69.1 Å². The zero-order valence-electron chi connectivity index (χ0n) is 31.9. The van der Waals surface area contributed by atoms with E-state index in [0.29, 0.717) is 69.1 Å². The molecule has 0 spiro atoms. The Kier molecular flexibility index (Phi) is 10.3. The molecule has 9 rings (SSSR count). The topological polar surface area (TPSA) is 161 Å². The third kappa shape index (κ3) is 7.50. The van der Waals surface area contributed by atoms with Gasteiger partial charge in [-0.3, -0.25) is 29.3 Å². The zero-order valence-corrected chi connectivity index (χ0v) is 33.4. The molecular weight excluding hydrogens is 775 g/mol. The van der Waals surface area contributed by atoms with Crippen LogP contribution in [0.25, 0.3) is 22.0 Å². The van der Waals surface area contributed by atoms with Crippen LogP contribution in [0.3, 0.4) is 0 Å². The molecule has 0 unspecified atom stereocenters. The van der Waals surface area contributed by atoms with Gasteiger partial charge in [-0.2, -0.15) is 0 Å². The van der Waals surface area contributed by atoms with Gasteiger partial charge in [0.1, 0.15) is 11.2 Å². The lowest BCUT2D eigenvalue weighted by Gasteiger charge is -2.36. The standard InChI is InChI=1S/C44H44Cl2N8O4/c45-37-31(3-1-5-33(37)52-40-39-28(9-15-48-40)17-26(20-50-39)19-47-22-30-7-8-36(55)51-30)32-4-2-6-34(38(32)46)53-41(56)35-18-27-10-16-54(23-29(27)21-49-35)25-43-11-13-44(24-43,14-12-43)42(57)58/h1-6,9,15,17-18,20-21,30,47H,7-8,10-14,16,19,22-25H2,(H,48,52)(H,51,55)(H,53,56)(H,57,58)/t30-,43?,44?/m0/s1. The second-order valence-corrected chi connectivity index (χ2v) is 17.2. The second-order valence-electron chi connectivity index (χ2n) is 16.5. The normalized spacial score (nSPS) is 22.5. The number of hydrogen-bond donors (Lipinski definition) is 5. The van der Waals surface area contributed by atoms with E-state index in [0.717, 1.165) is 86.7 Å². The summed E-state index contributed by atoms with van der Waals surface area (Å²) in [5, 5.41) is 24.3. The van der Waals surface area contributed by atoms with Gasteiger partial charge < -0.3 is 26.4 Å². The summed E-state index contributed by atoms with van der Waals surface area (Å²) in [7, 11) is 0. The number of pyridine rings is 3. The molecular formula is C44H44Cl2N8O4. The van der Waals surface area contributed by atoms with Crippen LogP contribution in [0.2, 0.25) is 10.0 Å². The smallest absolute Gasteiger partial charge is 0.309 e. The van der Waals surface area contributed by atoms with Gasteiger partial charge in [0.25, 0.3) is 5.91 Å². The van der Waals surface area contributed by atoms with E-state index in [1.807, 2.05) is 48.7 Å². The first-order valence-corrected chi connectivity index (χ1v) is 20.7. The first kappa shape index (κ1) is 38.4. The summed E-state index contributed by atoms with van der Waals surface area (Å²) in [6, 6.07) is 17.1. The largest absolute Gasteiger partial charge is 0.481 e. The number of fused-ring (bicyclic) bond motifs is 4. The van der Waals surface area contributed by atoms with Crippen LogP contribution in [-0.2, 0) is 29.1 Å². The molecule has 1 saturated heterocycles. The average Bonchev–Trinajstić information content (AvgIpc) is 3.93. The summed E-state index contributed by atoms with van der Waals surface area (Å²) < 4.78 is 0.